The zero-order valence-corrected chi connectivity index (χ0v) is 11.9. The van der Waals surface area contributed by atoms with Crippen LogP contribution in [0.25, 0.3) is 0 Å². The summed E-state index contributed by atoms with van der Waals surface area (Å²) < 4.78 is 0. The van der Waals surface area contributed by atoms with Gasteiger partial charge in [0, 0.05) is 23.2 Å². The Hall–Kier alpha value is -1.23. The molecule has 2 aromatic heterocycles. The van der Waals surface area contributed by atoms with Gasteiger partial charge in [-0.25, -0.2) is 0 Å². The van der Waals surface area contributed by atoms with Crippen molar-refractivity contribution < 1.29 is 0 Å². The summed E-state index contributed by atoms with van der Waals surface area (Å²) in [6.07, 6.45) is 7.46. The minimum absolute atomic E-state index is 0.154. The lowest BCUT2D eigenvalue weighted by Gasteiger charge is -2.30. The lowest BCUT2D eigenvalue weighted by atomic mass is 9.80. The van der Waals surface area contributed by atoms with Crippen molar-refractivity contribution in [3.8, 4) is 0 Å². The Labute approximate surface area is 117 Å². The summed E-state index contributed by atoms with van der Waals surface area (Å²) in [5.41, 5.74) is 6.85. The van der Waals surface area contributed by atoms with E-state index >= 15 is 0 Å². The van der Waals surface area contributed by atoms with Gasteiger partial charge in [0.2, 0.25) is 0 Å². The van der Waals surface area contributed by atoms with Crippen LogP contribution in [0.1, 0.15) is 46.4 Å². The van der Waals surface area contributed by atoms with Gasteiger partial charge in [-0.1, -0.05) is 6.07 Å². The maximum atomic E-state index is 5.84. The predicted octanol–water partition coefficient (Wildman–Crippen LogP) is 3.08. The van der Waals surface area contributed by atoms with Gasteiger partial charge in [0.15, 0.2) is 0 Å². The molecule has 100 valence electrons. The molecule has 2 aromatic rings. The van der Waals surface area contributed by atoms with Gasteiger partial charge in [0.25, 0.3) is 0 Å². The van der Waals surface area contributed by atoms with Crippen LogP contribution in [-0.4, -0.2) is 4.98 Å². The average molecular weight is 273 g/mol. The van der Waals surface area contributed by atoms with Gasteiger partial charge in [-0.05, 0) is 54.3 Å². The minimum atomic E-state index is 0.154. The van der Waals surface area contributed by atoms with E-state index in [0.29, 0.717) is 5.92 Å². The maximum Gasteiger partial charge on any atom is 0.0544 e. The number of rotatable bonds is 3. The van der Waals surface area contributed by atoms with Crippen LogP contribution in [0, 0.1) is 6.92 Å². The number of hydrazine groups is 1. The molecule has 3 N–H and O–H groups in total. The maximum absolute atomic E-state index is 5.84. The molecule has 0 aromatic carbocycles. The van der Waals surface area contributed by atoms with Crippen LogP contribution in [0.4, 0.5) is 0 Å². The average Bonchev–Trinajstić information content (AvgIpc) is 2.89. The topological polar surface area (TPSA) is 50.9 Å². The minimum Gasteiger partial charge on any atom is -0.271 e. The molecule has 2 unspecified atom stereocenters. The molecular formula is C15H19N3S. The summed E-state index contributed by atoms with van der Waals surface area (Å²) >= 11 is 1.87. The van der Waals surface area contributed by atoms with Crippen molar-refractivity contribution in [2.75, 3.05) is 0 Å². The smallest absolute Gasteiger partial charge is 0.0544 e. The molecular weight excluding hydrogens is 254 g/mol. The number of aryl methyl sites for hydroxylation is 2. The molecule has 0 saturated heterocycles. The van der Waals surface area contributed by atoms with Gasteiger partial charge < -0.3 is 0 Å². The molecule has 0 spiro atoms. The molecule has 3 nitrogen and oxygen atoms in total. The van der Waals surface area contributed by atoms with Crippen molar-refractivity contribution in [1.82, 2.24) is 10.4 Å². The Morgan fingerprint density at radius 2 is 2.37 bits per heavy atom. The fourth-order valence-electron chi connectivity index (χ4n) is 3.06. The Bertz CT molecular complexity index is 564. The quantitative estimate of drug-likeness (QED) is 0.667. The molecule has 3 rings (SSSR count). The largest absolute Gasteiger partial charge is 0.271 e. The zero-order valence-electron chi connectivity index (χ0n) is 11.1. The van der Waals surface area contributed by atoms with Crippen molar-refractivity contribution in [3.63, 3.8) is 0 Å². The highest BCUT2D eigenvalue weighted by Gasteiger charge is 2.29. The van der Waals surface area contributed by atoms with E-state index in [1.807, 2.05) is 23.7 Å². The van der Waals surface area contributed by atoms with Gasteiger partial charge >= 0.3 is 0 Å². The van der Waals surface area contributed by atoms with Crippen LogP contribution < -0.4 is 11.3 Å². The van der Waals surface area contributed by atoms with Crippen LogP contribution in [0.5, 0.6) is 0 Å². The molecule has 1 aliphatic carbocycles. The highest BCUT2D eigenvalue weighted by atomic mass is 32.1. The summed E-state index contributed by atoms with van der Waals surface area (Å²) in [5.74, 6) is 6.30. The van der Waals surface area contributed by atoms with E-state index in [0.717, 1.165) is 0 Å². The van der Waals surface area contributed by atoms with Gasteiger partial charge in [-0.3, -0.25) is 16.3 Å². The molecule has 2 atom stereocenters. The van der Waals surface area contributed by atoms with Gasteiger partial charge in [-0.15, -0.1) is 11.3 Å². The van der Waals surface area contributed by atoms with Crippen LogP contribution >= 0.6 is 11.3 Å². The monoisotopic (exact) mass is 273 g/mol. The van der Waals surface area contributed by atoms with Gasteiger partial charge in [0.1, 0.15) is 0 Å². The number of hydrogen-bond acceptors (Lipinski definition) is 4. The first-order valence-corrected chi connectivity index (χ1v) is 7.61. The molecule has 2 heterocycles. The fourth-order valence-corrected chi connectivity index (χ4v) is 4.06. The van der Waals surface area contributed by atoms with Crippen molar-refractivity contribution in [1.29, 1.82) is 0 Å². The Balaban J connectivity index is 1.96. The van der Waals surface area contributed by atoms with E-state index in [2.05, 4.69) is 34.8 Å². The predicted molar refractivity (Wildman–Crippen MR) is 79.0 cm³/mol. The summed E-state index contributed by atoms with van der Waals surface area (Å²) in [6.45, 7) is 2.07. The number of aromatic nitrogens is 1. The van der Waals surface area contributed by atoms with Crippen molar-refractivity contribution in [2.24, 2.45) is 5.84 Å². The normalized spacial score (nSPS) is 20.0. The first-order valence-electron chi connectivity index (χ1n) is 6.73. The Morgan fingerprint density at radius 3 is 3.16 bits per heavy atom. The highest BCUT2D eigenvalue weighted by molar-refractivity contribution is 7.10. The highest BCUT2D eigenvalue weighted by Crippen LogP contribution is 2.41. The Kier molecular flexibility index (Phi) is 3.64. The molecule has 1 aliphatic rings. The van der Waals surface area contributed by atoms with Crippen LogP contribution in [0.3, 0.4) is 0 Å². The molecule has 0 amide bonds. The van der Waals surface area contributed by atoms with Crippen molar-refractivity contribution in [3.05, 3.63) is 51.5 Å². The lowest BCUT2D eigenvalue weighted by molar-refractivity contribution is 0.410. The van der Waals surface area contributed by atoms with Crippen molar-refractivity contribution >= 4 is 11.3 Å². The third kappa shape index (κ3) is 2.43. The van der Waals surface area contributed by atoms with E-state index in [1.54, 1.807) is 0 Å². The van der Waals surface area contributed by atoms with E-state index < -0.39 is 0 Å². The third-order valence-corrected chi connectivity index (χ3v) is 4.93. The van der Waals surface area contributed by atoms with Crippen LogP contribution in [0.15, 0.2) is 29.9 Å². The molecule has 0 fully saturated rings. The fraction of sp³-hybridized carbons (Fsp3) is 0.400. The zero-order chi connectivity index (χ0) is 13.2. The number of nitrogens with one attached hydrogen (secondary N) is 1. The van der Waals surface area contributed by atoms with Crippen molar-refractivity contribution in [2.45, 2.75) is 38.1 Å². The Morgan fingerprint density at radius 1 is 1.47 bits per heavy atom. The molecule has 0 saturated carbocycles. The first-order chi connectivity index (χ1) is 9.29. The van der Waals surface area contributed by atoms with E-state index in [1.165, 1.54) is 40.8 Å². The standard InChI is InChI=1S/C15H19N3S/c1-10-7-11(9-17-8-10)15(18-16)13-3-2-4-14-12(13)5-6-19-14/h5-9,13,15,18H,2-4,16H2,1H3. The summed E-state index contributed by atoms with van der Waals surface area (Å²) in [7, 11) is 0. The van der Waals surface area contributed by atoms with E-state index in [9.17, 15) is 0 Å². The number of thiophene rings is 1. The van der Waals surface area contributed by atoms with Crippen LogP contribution in [-0.2, 0) is 6.42 Å². The van der Waals surface area contributed by atoms with E-state index in [4.69, 9.17) is 5.84 Å². The second kappa shape index (κ2) is 5.41. The number of hydrogen-bond donors (Lipinski definition) is 2. The molecule has 0 aliphatic heterocycles. The molecule has 0 bridgehead atoms. The molecule has 0 radical (unpaired) electrons. The summed E-state index contributed by atoms with van der Waals surface area (Å²) in [5, 5.41) is 2.20. The van der Waals surface area contributed by atoms with Crippen LogP contribution in [0.2, 0.25) is 0 Å². The number of pyridine rings is 1. The number of nitrogens with two attached hydrogens (primary N) is 1. The second-order valence-corrected chi connectivity index (χ2v) is 6.24. The first kappa shape index (κ1) is 12.8. The lowest BCUT2D eigenvalue weighted by Crippen LogP contribution is -2.33. The number of fused-ring (bicyclic) bond motifs is 1. The molecule has 4 heteroatoms. The summed E-state index contributed by atoms with van der Waals surface area (Å²) in [6, 6.07) is 4.59. The molecule has 19 heavy (non-hydrogen) atoms. The van der Waals surface area contributed by atoms with Gasteiger partial charge in [0.05, 0.1) is 6.04 Å². The summed E-state index contributed by atoms with van der Waals surface area (Å²) in [4.78, 5) is 5.82. The number of nitrogens with zero attached hydrogens (tertiary/aromatic N) is 1. The SMILES string of the molecule is Cc1cncc(C(NN)C2CCCc3sccc32)c1. The van der Waals surface area contributed by atoms with Gasteiger partial charge in [-0.2, -0.15) is 0 Å². The third-order valence-electron chi connectivity index (χ3n) is 3.94. The van der Waals surface area contributed by atoms with E-state index in [-0.39, 0.29) is 6.04 Å². The second-order valence-electron chi connectivity index (χ2n) is 5.24.